The average Bonchev–Trinajstić information content (AvgIpc) is 2.01. The van der Waals surface area contributed by atoms with Crippen LogP contribution in [0.15, 0.2) is 0 Å². The second-order valence-corrected chi connectivity index (χ2v) is 3.31. The molecule has 0 aliphatic heterocycles. The molecule has 0 saturated carbocycles. The zero-order chi connectivity index (χ0) is 10.3. The Balaban J connectivity index is 3.81. The maximum Gasteiger partial charge on any atom is 0.391 e. The van der Waals surface area contributed by atoms with Crippen LogP contribution in [0, 0.1) is 5.92 Å². The molecule has 1 nitrogen and oxygen atoms in total. The highest BCUT2D eigenvalue weighted by Crippen LogP contribution is 2.33. The van der Waals surface area contributed by atoms with Gasteiger partial charge < -0.3 is 5.73 Å². The molecule has 13 heavy (non-hydrogen) atoms. The third-order valence-electron chi connectivity index (χ3n) is 2.11. The molecule has 0 rings (SSSR count). The Morgan fingerprint density at radius 2 is 1.77 bits per heavy atom. The lowest BCUT2D eigenvalue weighted by Crippen LogP contribution is -2.22. The summed E-state index contributed by atoms with van der Waals surface area (Å²) in [6.07, 6.45) is -1.68. The van der Waals surface area contributed by atoms with E-state index in [4.69, 9.17) is 5.73 Å². The van der Waals surface area contributed by atoms with Gasteiger partial charge in [-0.15, -0.1) is 0 Å². The lowest BCUT2D eigenvalue weighted by Gasteiger charge is -2.19. The van der Waals surface area contributed by atoms with Crippen LogP contribution < -0.4 is 5.73 Å². The molecule has 0 amide bonds. The predicted molar refractivity (Wildman–Crippen MR) is 47.4 cm³/mol. The van der Waals surface area contributed by atoms with Crippen molar-refractivity contribution in [2.24, 2.45) is 11.7 Å². The zero-order valence-corrected chi connectivity index (χ0v) is 8.03. The topological polar surface area (TPSA) is 26.0 Å². The van der Waals surface area contributed by atoms with Gasteiger partial charge in [0.05, 0.1) is 5.92 Å². The van der Waals surface area contributed by atoms with Gasteiger partial charge in [0.1, 0.15) is 0 Å². The monoisotopic (exact) mass is 197 g/mol. The van der Waals surface area contributed by atoms with Crippen molar-refractivity contribution in [3.63, 3.8) is 0 Å². The van der Waals surface area contributed by atoms with E-state index in [9.17, 15) is 13.2 Å². The van der Waals surface area contributed by atoms with Gasteiger partial charge in [0.25, 0.3) is 0 Å². The first-order valence-corrected chi connectivity index (χ1v) is 4.79. The van der Waals surface area contributed by atoms with Crippen LogP contribution in [0.1, 0.15) is 39.0 Å². The zero-order valence-electron chi connectivity index (χ0n) is 8.03. The molecule has 1 unspecified atom stereocenters. The highest BCUT2D eigenvalue weighted by atomic mass is 19.4. The third kappa shape index (κ3) is 5.91. The highest BCUT2D eigenvalue weighted by Gasteiger charge is 2.37. The second-order valence-electron chi connectivity index (χ2n) is 3.31. The molecule has 0 heterocycles. The number of alkyl halides is 3. The molecule has 0 fully saturated rings. The Kier molecular flexibility index (Phi) is 6.12. The first-order chi connectivity index (χ1) is 6.02. The molecule has 0 aromatic heterocycles. The summed E-state index contributed by atoms with van der Waals surface area (Å²) in [5.74, 6) is -1.12. The Morgan fingerprint density at radius 3 is 2.15 bits per heavy atom. The maximum absolute atomic E-state index is 12.3. The number of unbranched alkanes of at least 4 members (excludes halogenated alkanes) is 1. The summed E-state index contributed by atoms with van der Waals surface area (Å²) in [6, 6.07) is 0. The van der Waals surface area contributed by atoms with Gasteiger partial charge in [-0.05, 0) is 25.8 Å². The van der Waals surface area contributed by atoms with Crippen molar-refractivity contribution in [2.75, 3.05) is 6.54 Å². The van der Waals surface area contributed by atoms with E-state index in [1.165, 1.54) is 0 Å². The van der Waals surface area contributed by atoms with Gasteiger partial charge in [0.2, 0.25) is 0 Å². The molecule has 0 aromatic rings. The van der Waals surface area contributed by atoms with Crippen LogP contribution in [-0.4, -0.2) is 12.7 Å². The molecule has 4 heteroatoms. The van der Waals surface area contributed by atoms with Gasteiger partial charge in [-0.3, -0.25) is 0 Å². The van der Waals surface area contributed by atoms with Gasteiger partial charge in [0, 0.05) is 0 Å². The molecule has 0 radical (unpaired) electrons. The van der Waals surface area contributed by atoms with Crippen molar-refractivity contribution in [1.29, 1.82) is 0 Å². The molecular formula is C9H18F3N. The van der Waals surface area contributed by atoms with Crippen LogP contribution in [-0.2, 0) is 0 Å². The van der Waals surface area contributed by atoms with E-state index < -0.39 is 12.1 Å². The Labute approximate surface area is 77.5 Å². The van der Waals surface area contributed by atoms with E-state index in [-0.39, 0.29) is 12.8 Å². The maximum atomic E-state index is 12.3. The number of rotatable bonds is 6. The number of nitrogens with two attached hydrogens (primary N) is 1. The van der Waals surface area contributed by atoms with E-state index >= 15 is 0 Å². The lowest BCUT2D eigenvalue weighted by molar-refractivity contribution is -0.178. The Hall–Kier alpha value is -0.250. The molecule has 80 valence electrons. The minimum absolute atomic E-state index is 0.231. The van der Waals surface area contributed by atoms with E-state index in [0.717, 1.165) is 0 Å². The summed E-state index contributed by atoms with van der Waals surface area (Å²) >= 11 is 0. The molecule has 0 aliphatic carbocycles. The predicted octanol–water partition coefficient (Wildman–Crippen LogP) is 3.09. The number of halogens is 3. The fourth-order valence-corrected chi connectivity index (χ4v) is 1.36. The molecule has 0 aliphatic rings. The molecule has 2 N–H and O–H groups in total. The molecule has 0 aromatic carbocycles. The Morgan fingerprint density at radius 1 is 1.15 bits per heavy atom. The molecule has 0 spiro atoms. The van der Waals surface area contributed by atoms with Gasteiger partial charge in [0.15, 0.2) is 0 Å². The van der Waals surface area contributed by atoms with Crippen molar-refractivity contribution >= 4 is 0 Å². The highest BCUT2D eigenvalue weighted by molar-refractivity contribution is 4.67. The van der Waals surface area contributed by atoms with Crippen LogP contribution in [0.4, 0.5) is 13.2 Å². The van der Waals surface area contributed by atoms with Crippen molar-refractivity contribution in [3.05, 3.63) is 0 Å². The fourth-order valence-electron chi connectivity index (χ4n) is 1.36. The average molecular weight is 197 g/mol. The molecule has 0 saturated heterocycles. The number of hydrogen-bond donors (Lipinski definition) is 1. The summed E-state index contributed by atoms with van der Waals surface area (Å²) in [5.41, 5.74) is 5.22. The van der Waals surface area contributed by atoms with Gasteiger partial charge >= 0.3 is 6.18 Å². The Bertz CT molecular complexity index is 123. The minimum Gasteiger partial charge on any atom is -0.330 e. The fraction of sp³-hybridized carbons (Fsp3) is 1.00. The van der Waals surface area contributed by atoms with Crippen LogP contribution in [0.3, 0.4) is 0 Å². The van der Waals surface area contributed by atoms with E-state index in [2.05, 4.69) is 0 Å². The van der Waals surface area contributed by atoms with E-state index in [1.54, 1.807) is 6.92 Å². The van der Waals surface area contributed by atoms with E-state index in [0.29, 0.717) is 25.8 Å². The summed E-state index contributed by atoms with van der Waals surface area (Å²) in [4.78, 5) is 0. The first-order valence-electron chi connectivity index (χ1n) is 4.79. The van der Waals surface area contributed by atoms with Crippen LogP contribution in [0.25, 0.3) is 0 Å². The molecule has 1 atom stereocenters. The third-order valence-corrected chi connectivity index (χ3v) is 2.11. The van der Waals surface area contributed by atoms with Crippen LogP contribution in [0.2, 0.25) is 0 Å². The summed E-state index contributed by atoms with van der Waals surface area (Å²) < 4.78 is 36.9. The van der Waals surface area contributed by atoms with Gasteiger partial charge in [-0.2, -0.15) is 13.2 Å². The SMILES string of the molecule is CCCC(CCCCN)C(F)(F)F. The first kappa shape index (κ1) is 12.8. The van der Waals surface area contributed by atoms with E-state index in [1.807, 2.05) is 0 Å². The normalized spacial score (nSPS) is 14.5. The van der Waals surface area contributed by atoms with Crippen molar-refractivity contribution < 1.29 is 13.2 Å². The van der Waals surface area contributed by atoms with Gasteiger partial charge in [-0.25, -0.2) is 0 Å². The second kappa shape index (κ2) is 6.24. The van der Waals surface area contributed by atoms with Crippen LogP contribution >= 0.6 is 0 Å². The largest absolute Gasteiger partial charge is 0.391 e. The van der Waals surface area contributed by atoms with Crippen molar-refractivity contribution in [3.8, 4) is 0 Å². The molecule has 0 bridgehead atoms. The quantitative estimate of drug-likeness (QED) is 0.650. The smallest absolute Gasteiger partial charge is 0.330 e. The minimum atomic E-state index is -4.02. The molecular weight excluding hydrogens is 179 g/mol. The number of hydrogen-bond acceptors (Lipinski definition) is 1. The van der Waals surface area contributed by atoms with Gasteiger partial charge in [-0.1, -0.05) is 19.8 Å². The summed E-state index contributed by atoms with van der Waals surface area (Å²) in [5, 5.41) is 0. The standard InChI is InChI=1S/C9H18F3N/c1-2-5-8(9(10,11)12)6-3-4-7-13/h8H,2-7,13H2,1H3. The van der Waals surface area contributed by atoms with Crippen molar-refractivity contribution in [1.82, 2.24) is 0 Å². The summed E-state index contributed by atoms with van der Waals surface area (Å²) in [7, 11) is 0. The summed E-state index contributed by atoms with van der Waals surface area (Å²) in [6.45, 7) is 2.26. The van der Waals surface area contributed by atoms with Crippen LogP contribution in [0.5, 0.6) is 0 Å². The lowest BCUT2D eigenvalue weighted by atomic mass is 9.96. The van der Waals surface area contributed by atoms with Crippen molar-refractivity contribution in [2.45, 2.75) is 45.2 Å².